The first-order chi connectivity index (χ1) is 6.61. The lowest BCUT2D eigenvalue weighted by Crippen LogP contribution is -1.90. The van der Waals surface area contributed by atoms with Crippen LogP contribution in [-0.2, 0) is 0 Å². The lowest BCUT2D eigenvalue weighted by atomic mass is 10.2. The molecule has 0 bridgehead atoms. The molecule has 0 amide bonds. The van der Waals surface area contributed by atoms with Crippen molar-refractivity contribution in [1.29, 1.82) is 0 Å². The molecule has 2 aromatic rings. The second-order valence-electron chi connectivity index (χ2n) is 2.69. The predicted octanol–water partition coefficient (Wildman–Crippen LogP) is 3.00. The van der Waals surface area contributed by atoms with E-state index in [1.54, 1.807) is 6.07 Å². The number of hydrogen-bond donors (Lipinski definition) is 1. The Kier molecular flexibility index (Phi) is 2.31. The fourth-order valence-electron chi connectivity index (χ4n) is 1.23. The van der Waals surface area contributed by atoms with Crippen LogP contribution in [0.15, 0.2) is 18.2 Å². The normalized spacial score (nSPS) is 10.6. The van der Waals surface area contributed by atoms with Gasteiger partial charge in [-0.1, -0.05) is 23.5 Å². The number of rotatable bonds is 1. The number of anilines is 1. The third kappa shape index (κ3) is 1.34. The highest BCUT2D eigenvalue weighted by atomic mass is 127. The summed E-state index contributed by atoms with van der Waals surface area (Å²) in [4.78, 5) is 10.2. The van der Waals surface area contributed by atoms with Crippen LogP contribution in [0.4, 0.5) is 10.7 Å². The van der Waals surface area contributed by atoms with Crippen LogP contribution in [0, 0.1) is 13.7 Å². The topological polar surface area (TPSA) is 69.2 Å². The van der Waals surface area contributed by atoms with E-state index in [1.807, 2.05) is 12.1 Å². The van der Waals surface area contributed by atoms with Crippen molar-refractivity contribution >= 4 is 54.7 Å². The highest BCUT2D eigenvalue weighted by Gasteiger charge is 2.19. The van der Waals surface area contributed by atoms with Crippen LogP contribution in [0.25, 0.3) is 10.1 Å². The van der Waals surface area contributed by atoms with Crippen molar-refractivity contribution in [2.24, 2.45) is 0 Å². The second-order valence-corrected chi connectivity index (χ2v) is 4.86. The quantitative estimate of drug-likeness (QED) is 0.499. The molecule has 4 nitrogen and oxygen atoms in total. The molecule has 1 heterocycles. The van der Waals surface area contributed by atoms with Gasteiger partial charge in [-0.2, -0.15) is 0 Å². The minimum atomic E-state index is -0.434. The highest BCUT2D eigenvalue weighted by molar-refractivity contribution is 14.1. The summed E-state index contributed by atoms with van der Waals surface area (Å²) in [5.74, 6) is 0. The van der Waals surface area contributed by atoms with E-state index in [2.05, 4.69) is 22.6 Å². The van der Waals surface area contributed by atoms with E-state index < -0.39 is 4.92 Å². The van der Waals surface area contributed by atoms with Crippen LogP contribution < -0.4 is 5.73 Å². The zero-order valence-electron chi connectivity index (χ0n) is 6.86. The molecule has 14 heavy (non-hydrogen) atoms. The predicted molar refractivity (Wildman–Crippen MR) is 65.6 cm³/mol. The molecule has 0 spiro atoms. The maximum absolute atomic E-state index is 10.6. The Hall–Kier alpha value is -0.890. The van der Waals surface area contributed by atoms with Crippen molar-refractivity contribution in [3.63, 3.8) is 0 Å². The maximum Gasteiger partial charge on any atom is 0.348 e. The van der Waals surface area contributed by atoms with Crippen LogP contribution >= 0.6 is 33.9 Å². The molecule has 1 aromatic heterocycles. The van der Waals surface area contributed by atoms with Gasteiger partial charge in [0.25, 0.3) is 0 Å². The second kappa shape index (κ2) is 3.35. The number of halogens is 1. The van der Waals surface area contributed by atoms with Gasteiger partial charge in [0.05, 0.1) is 9.62 Å². The maximum atomic E-state index is 10.6. The molecule has 72 valence electrons. The average molecular weight is 320 g/mol. The molecule has 2 N–H and O–H groups in total. The van der Waals surface area contributed by atoms with Gasteiger partial charge >= 0.3 is 5.00 Å². The Morgan fingerprint density at radius 1 is 1.50 bits per heavy atom. The molecule has 0 fully saturated rings. The zero-order valence-corrected chi connectivity index (χ0v) is 9.83. The van der Waals surface area contributed by atoms with Crippen LogP contribution in [0.5, 0.6) is 0 Å². The lowest BCUT2D eigenvalue weighted by Gasteiger charge is -1.91. The Bertz CT molecular complexity index is 523. The summed E-state index contributed by atoms with van der Waals surface area (Å²) in [5, 5.41) is 11.4. The van der Waals surface area contributed by atoms with Crippen molar-refractivity contribution in [2.75, 3.05) is 5.73 Å². The molecular weight excluding hydrogens is 315 g/mol. The van der Waals surface area contributed by atoms with E-state index in [1.165, 1.54) is 0 Å². The minimum absolute atomic E-state index is 0.0316. The standard InChI is InChI=1S/C8H5IN2O2S/c9-5-3-1-2-4-6(10)8(11(12)13)14-7(4)5/h1-3H,10H2. The van der Waals surface area contributed by atoms with E-state index >= 15 is 0 Å². The average Bonchev–Trinajstić information content (AvgIpc) is 2.46. The molecule has 0 unspecified atom stereocenters. The van der Waals surface area contributed by atoms with E-state index in [0.717, 1.165) is 25.0 Å². The number of nitrogen functional groups attached to an aromatic ring is 1. The molecule has 2 rings (SSSR count). The SMILES string of the molecule is Nc1c([N+](=O)[O-])sc2c(I)cccc12. The van der Waals surface area contributed by atoms with Gasteiger partial charge < -0.3 is 5.73 Å². The van der Waals surface area contributed by atoms with Crippen molar-refractivity contribution in [3.8, 4) is 0 Å². The van der Waals surface area contributed by atoms with Crippen LogP contribution in [0.1, 0.15) is 0 Å². The van der Waals surface area contributed by atoms with Gasteiger partial charge in [-0.25, -0.2) is 0 Å². The Morgan fingerprint density at radius 3 is 2.79 bits per heavy atom. The summed E-state index contributed by atoms with van der Waals surface area (Å²) < 4.78 is 1.88. The largest absolute Gasteiger partial charge is 0.392 e. The smallest absolute Gasteiger partial charge is 0.348 e. The molecule has 0 atom stereocenters. The lowest BCUT2D eigenvalue weighted by molar-refractivity contribution is -0.379. The Labute approximate surface area is 97.0 Å². The number of nitro groups is 1. The highest BCUT2D eigenvalue weighted by Crippen LogP contribution is 2.41. The van der Waals surface area contributed by atoms with E-state index in [4.69, 9.17) is 5.73 Å². The third-order valence-corrected chi connectivity index (χ3v) is 4.32. The summed E-state index contributed by atoms with van der Waals surface area (Å²) in [5.41, 5.74) is 5.95. The number of hydrogen-bond acceptors (Lipinski definition) is 4. The Balaban J connectivity index is 2.86. The Morgan fingerprint density at radius 2 is 2.21 bits per heavy atom. The van der Waals surface area contributed by atoms with Gasteiger partial charge in [0.1, 0.15) is 5.69 Å². The molecular formula is C8H5IN2O2S. The molecule has 0 radical (unpaired) electrons. The molecule has 0 aliphatic heterocycles. The molecule has 0 aliphatic carbocycles. The summed E-state index contributed by atoms with van der Waals surface area (Å²) in [6.45, 7) is 0. The van der Waals surface area contributed by atoms with Gasteiger partial charge in [-0.05, 0) is 28.7 Å². The number of thiophene rings is 1. The molecule has 1 aromatic carbocycles. The number of nitrogens with two attached hydrogens (primary N) is 1. The molecule has 0 aliphatic rings. The summed E-state index contributed by atoms with van der Waals surface area (Å²) in [6, 6.07) is 5.55. The molecule has 0 saturated carbocycles. The first-order valence-corrected chi connectivity index (χ1v) is 5.61. The van der Waals surface area contributed by atoms with E-state index in [-0.39, 0.29) is 10.7 Å². The van der Waals surface area contributed by atoms with Crippen LogP contribution in [0.2, 0.25) is 0 Å². The zero-order chi connectivity index (χ0) is 10.3. The fourth-order valence-corrected chi connectivity index (χ4v) is 3.00. The summed E-state index contributed by atoms with van der Waals surface area (Å²) >= 11 is 3.27. The van der Waals surface area contributed by atoms with Crippen LogP contribution in [-0.4, -0.2) is 4.92 Å². The van der Waals surface area contributed by atoms with Crippen molar-refractivity contribution in [3.05, 3.63) is 31.9 Å². The summed E-state index contributed by atoms with van der Waals surface area (Å²) in [7, 11) is 0. The fraction of sp³-hybridized carbons (Fsp3) is 0. The van der Waals surface area contributed by atoms with E-state index in [9.17, 15) is 10.1 Å². The molecule has 6 heteroatoms. The van der Waals surface area contributed by atoms with Gasteiger partial charge in [-0.15, -0.1) is 0 Å². The van der Waals surface area contributed by atoms with Gasteiger partial charge in [0, 0.05) is 8.96 Å². The van der Waals surface area contributed by atoms with Gasteiger partial charge in [-0.3, -0.25) is 10.1 Å². The summed E-state index contributed by atoms with van der Waals surface area (Å²) in [6.07, 6.45) is 0. The van der Waals surface area contributed by atoms with Gasteiger partial charge in [0.2, 0.25) is 0 Å². The third-order valence-electron chi connectivity index (χ3n) is 1.85. The number of fused-ring (bicyclic) bond motifs is 1. The number of benzene rings is 1. The van der Waals surface area contributed by atoms with Crippen LogP contribution in [0.3, 0.4) is 0 Å². The first-order valence-electron chi connectivity index (χ1n) is 3.72. The minimum Gasteiger partial charge on any atom is -0.392 e. The molecule has 0 saturated heterocycles. The monoisotopic (exact) mass is 320 g/mol. The van der Waals surface area contributed by atoms with Crippen molar-refractivity contribution < 1.29 is 4.92 Å². The first kappa shape index (κ1) is 9.66. The van der Waals surface area contributed by atoms with Crippen molar-refractivity contribution in [2.45, 2.75) is 0 Å². The number of nitrogens with zero attached hydrogens (tertiary/aromatic N) is 1. The van der Waals surface area contributed by atoms with Crippen molar-refractivity contribution in [1.82, 2.24) is 0 Å². The van der Waals surface area contributed by atoms with E-state index in [0.29, 0.717) is 0 Å². The van der Waals surface area contributed by atoms with Gasteiger partial charge in [0.15, 0.2) is 0 Å².